The molecular formula is C82H72N24O5S2. The van der Waals surface area contributed by atoms with Crippen molar-refractivity contribution in [2.45, 2.75) is 46.6 Å². The number of hydrogen-bond acceptors (Lipinski definition) is 19. The molecule has 10 N–H and O–H groups in total. The maximum Gasteiger partial charge on any atom is 0.269 e. The van der Waals surface area contributed by atoms with E-state index in [-0.39, 0.29) is 18.5 Å². The number of primary amides is 3. The van der Waals surface area contributed by atoms with Crippen LogP contribution in [0.15, 0.2) is 206 Å². The molecule has 0 saturated carbocycles. The largest absolute Gasteiger partial charge is 0.454 e. The number of thiazole rings is 2. The molecule has 1 aliphatic rings. The molecule has 3 amide bonds. The van der Waals surface area contributed by atoms with E-state index in [0.717, 1.165) is 131 Å². The molecule has 6 aromatic carbocycles. The maximum absolute atomic E-state index is 11.8. The molecule has 0 saturated heterocycles. The molecule has 12 aromatic heterocycles. The van der Waals surface area contributed by atoms with Crippen LogP contribution in [0.25, 0.3) is 140 Å². The fourth-order valence-corrected chi connectivity index (χ4v) is 14.4. The normalized spacial score (nSPS) is 11.6. The van der Waals surface area contributed by atoms with Crippen LogP contribution in [0.4, 0.5) is 0 Å². The third-order valence-electron chi connectivity index (χ3n) is 18.6. The lowest BCUT2D eigenvalue weighted by atomic mass is 10.1. The Bertz CT molecular complexity index is 6550. The first-order chi connectivity index (χ1) is 54.7. The SMILES string of the molecule is Cc1cccc(CCc2nc(-c3ccc4ncc(C(N)=O)n4n3)c(-c3ccn(C(C)C)n3)[nH]2)c1.Cc1nc(-c2ccc3ncsc3c2)c(-c2ccn(C)n2)[nH]1.Cn1ccc(-c2[nH]c(-c3ccc(C(N)=O)cc3)nc2-c2ccc3c(c2)OCO3)n1.Cn1ccc(-c2[nH]c(-c3ccc(C(N)=O)cc3)nc2-c2ccc3ncsc3c2)n1. The molecule has 562 valence electrons. The number of fused-ring (bicyclic) bond motifs is 4. The van der Waals surface area contributed by atoms with Crippen LogP contribution in [0.3, 0.4) is 0 Å². The molecule has 29 nitrogen and oxygen atoms in total. The highest BCUT2D eigenvalue weighted by molar-refractivity contribution is 7.17. The predicted octanol–water partition coefficient (Wildman–Crippen LogP) is 14.0. The summed E-state index contributed by atoms with van der Waals surface area (Å²) in [6.07, 6.45) is 10.7. The number of carbonyl (C=O) groups is 3. The Kier molecular flexibility index (Phi) is 19.8. The first kappa shape index (κ1) is 72.6. The topological polar surface area (TPSA) is 390 Å². The zero-order chi connectivity index (χ0) is 78.1. The Labute approximate surface area is 652 Å². The number of nitrogens with zero attached hydrogens (tertiary/aromatic N) is 17. The zero-order valence-corrected chi connectivity index (χ0v) is 63.7. The van der Waals surface area contributed by atoms with Crippen LogP contribution in [-0.4, -0.2) is 128 Å². The van der Waals surface area contributed by atoms with Crippen molar-refractivity contribution >= 4 is 66.5 Å². The summed E-state index contributed by atoms with van der Waals surface area (Å²) in [5.74, 6) is 2.97. The number of H-pyrrole nitrogens is 4. The van der Waals surface area contributed by atoms with E-state index in [1.807, 2.05) is 160 Å². The maximum atomic E-state index is 11.8. The molecule has 0 radical (unpaired) electrons. The van der Waals surface area contributed by atoms with Crippen LogP contribution in [0, 0.1) is 13.8 Å². The van der Waals surface area contributed by atoms with Crippen LogP contribution >= 0.6 is 22.7 Å². The minimum Gasteiger partial charge on any atom is -0.454 e. The van der Waals surface area contributed by atoms with Crippen LogP contribution < -0.4 is 26.7 Å². The van der Waals surface area contributed by atoms with Crippen molar-refractivity contribution < 1.29 is 23.9 Å². The number of ether oxygens (including phenoxy) is 2. The van der Waals surface area contributed by atoms with Crippen molar-refractivity contribution in [3.63, 3.8) is 0 Å². The Morgan fingerprint density at radius 3 is 1.51 bits per heavy atom. The Balaban J connectivity index is 0.000000115. The molecule has 0 spiro atoms. The number of imidazole rings is 5. The lowest BCUT2D eigenvalue weighted by Crippen LogP contribution is -2.15. The number of hydrogen-bond donors (Lipinski definition) is 7. The summed E-state index contributed by atoms with van der Waals surface area (Å²) in [5, 5.41) is 22.9. The molecule has 18 aromatic rings. The van der Waals surface area contributed by atoms with E-state index in [9.17, 15) is 14.4 Å². The number of carbonyl (C=O) groups excluding carboxylic acids is 3. The Morgan fingerprint density at radius 1 is 0.469 bits per heavy atom. The van der Waals surface area contributed by atoms with Crippen molar-refractivity contribution in [1.29, 1.82) is 0 Å². The summed E-state index contributed by atoms with van der Waals surface area (Å²) in [5.41, 5.74) is 41.0. The number of nitrogens with two attached hydrogens (primary N) is 3. The van der Waals surface area contributed by atoms with E-state index in [1.54, 1.807) is 67.1 Å². The van der Waals surface area contributed by atoms with E-state index in [1.165, 1.54) is 26.5 Å². The summed E-state index contributed by atoms with van der Waals surface area (Å²) in [6, 6.07) is 52.3. The standard InChI is InChI=1S/C25H26N8O.C21H16N6OS.C21H17N5O3.C15H13N5S/c1-15(2)32-12-11-19(30-32)24-23(18-8-10-22-27-14-20(25(26)34)33(22)31-18)28-21(29-24)9-7-17-6-4-5-16(3)13-17;1-27-9-8-16(26-27)19-18(14-6-7-15-17(10-14)29-11-23-15)24-21(25-19)13-4-2-12(3-5-13)20(22)28;1-26-9-8-15(25-26)19-18(14-6-7-16-17(10-14)29-11-28-16)23-21(24-19)13-4-2-12(3-5-13)20(22)27;1-9-17-14(15(18-9)12-5-6-20(2)19-12)10-3-4-11-13(7-10)21-8-16-11/h4-6,8,10-15H,7,9H2,1-3H3,(H2,26,34)(H,28,29);2-11H,1H3,(H2,22,28)(H,24,25);2-10H,11H2,1H3,(H2,22,27)(H,23,24);3-8H,1-2H3,(H,17,18). The number of aryl methyl sites for hydroxylation is 7. The fraction of sp³-hybridized carbons (Fsp3) is 0.134. The molecule has 19 rings (SSSR count). The Hall–Kier alpha value is -14.6. The van der Waals surface area contributed by atoms with Gasteiger partial charge in [0.25, 0.3) is 5.91 Å². The van der Waals surface area contributed by atoms with Crippen LogP contribution in [0.1, 0.15) is 73.9 Å². The molecule has 0 fully saturated rings. The van der Waals surface area contributed by atoms with Gasteiger partial charge in [0.05, 0.1) is 77.5 Å². The molecule has 0 unspecified atom stereocenters. The van der Waals surface area contributed by atoms with Crippen molar-refractivity contribution in [2.24, 2.45) is 38.3 Å². The monoisotopic (exact) mass is 1540 g/mol. The highest BCUT2D eigenvalue weighted by atomic mass is 32.1. The third-order valence-corrected chi connectivity index (χ3v) is 20.2. The van der Waals surface area contributed by atoms with E-state index < -0.39 is 17.7 Å². The van der Waals surface area contributed by atoms with Gasteiger partial charge in [-0.3, -0.25) is 33.1 Å². The highest BCUT2D eigenvalue weighted by Gasteiger charge is 2.25. The summed E-state index contributed by atoms with van der Waals surface area (Å²) in [6.45, 7) is 8.43. The van der Waals surface area contributed by atoms with Crippen molar-refractivity contribution in [3.05, 3.63) is 245 Å². The van der Waals surface area contributed by atoms with Gasteiger partial charge in [-0.05, 0) is 143 Å². The zero-order valence-electron chi connectivity index (χ0n) is 62.0. The van der Waals surface area contributed by atoms with Crippen LogP contribution in [0.5, 0.6) is 11.5 Å². The number of aromatic nitrogens is 21. The van der Waals surface area contributed by atoms with Crippen molar-refractivity contribution in [3.8, 4) is 125 Å². The van der Waals surface area contributed by atoms with Gasteiger partial charge in [-0.2, -0.15) is 25.5 Å². The number of aromatic amines is 4. The lowest BCUT2D eigenvalue weighted by Gasteiger charge is -2.04. The van der Waals surface area contributed by atoms with Gasteiger partial charge in [0.15, 0.2) is 17.1 Å². The van der Waals surface area contributed by atoms with Gasteiger partial charge >= 0.3 is 0 Å². The average molecular weight is 1540 g/mol. The quantitative estimate of drug-likeness (QED) is 0.0445. The van der Waals surface area contributed by atoms with Gasteiger partial charge in [0.1, 0.15) is 63.2 Å². The molecule has 1 aliphatic heterocycles. The molecule has 113 heavy (non-hydrogen) atoms. The first-order valence-electron chi connectivity index (χ1n) is 35.8. The molecule has 0 aliphatic carbocycles. The molecule has 0 atom stereocenters. The molecule has 31 heteroatoms. The highest BCUT2D eigenvalue weighted by Crippen LogP contribution is 2.41. The van der Waals surface area contributed by atoms with E-state index >= 15 is 0 Å². The van der Waals surface area contributed by atoms with Gasteiger partial charge in [0.2, 0.25) is 18.6 Å². The van der Waals surface area contributed by atoms with E-state index in [0.29, 0.717) is 51.3 Å². The summed E-state index contributed by atoms with van der Waals surface area (Å²) >= 11 is 3.24. The molecule has 13 heterocycles. The number of benzene rings is 6. The number of amides is 3. The minimum absolute atomic E-state index is 0.212. The summed E-state index contributed by atoms with van der Waals surface area (Å²) < 4.78 is 21.8. The molecule has 0 bridgehead atoms. The first-order valence-corrected chi connectivity index (χ1v) is 37.5. The predicted molar refractivity (Wildman–Crippen MR) is 433 cm³/mol. The number of rotatable bonds is 17. The smallest absolute Gasteiger partial charge is 0.269 e. The molecular weight excluding hydrogens is 1470 g/mol. The van der Waals surface area contributed by atoms with Gasteiger partial charge in [-0.1, -0.05) is 66.2 Å². The second kappa shape index (κ2) is 30.8. The van der Waals surface area contributed by atoms with Crippen molar-refractivity contribution in [2.75, 3.05) is 6.79 Å². The van der Waals surface area contributed by atoms with Gasteiger partial charge in [-0.25, -0.2) is 39.4 Å². The van der Waals surface area contributed by atoms with Gasteiger partial charge < -0.3 is 46.6 Å². The van der Waals surface area contributed by atoms with E-state index in [2.05, 4.69) is 124 Å². The van der Waals surface area contributed by atoms with Crippen molar-refractivity contribution in [1.82, 2.24) is 104 Å². The van der Waals surface area contributed by atoms with Crippen LogP contribution in [0.2, 0.25) is 0 Å². The summed E-state index contributed by atoms with van der Waals surface area (Å²) in [4.78, 5) is 80.1. The Morgan fingerprint density at radius 2 is 0.982 bits per heavy atom. The third kappa shape index (κ3) is 15.5. The lowest BCUT2D eigenvalue weighted by molar-refractivity contribution is 0.0987. The second-order valence-corrected chi connectivity index (χ2v) is 28.7. The van der Waals surface area contributed by atoms with Crippen LogP contribution in [-0.2, 0) is 34.0 Å². The van der Waals surface area contributed by atoms with E-state index in [4.69, 9.17) is 46.7 Å². The average Bonchev–Trinajstić information content (AvgIpc) is 1.64. The minimum atomic E-state index is -0.589. The van der Waals surface area contributed by atoms with Gasteiger partial charge in [-0.15, -0.1) is 22.7 Å². The fourth-order valence-electron chi connectivity index (χ4n) is 12.9. The van der Waals surface area contributed by atoms with Gasteiger partial charge in [0, 0.05) is 97.3 Å². The number of nitrogens with one attached hydrogen (secondary N) is 4. The second-order valence-electron chi connectivity index (χ2n) is 27.0. The summed E-state index contributed by atoms with van der Waals surface area (Å²) in [7, 11) is 5.66.